The summed E-state index contributed by atoms with van der Waals surface area (Å²) >= 11 is 1.34. The van der Waals surface area contributed by atoms with E-state index in [4.69, 9.17) is 0 Å². The van der Waals surface area contributed by atoms with E-state index in [0.717, 1.165) is 17.0 Å². The molecule has 0 radical (unpaired) electrons. The first-order chi connectivity index (χ1) is 14.0. The highest BCUT2D eigenvalue weighted by molar-refractivity contribution is 7.07. The SMILES string of the molecule is Cc1ccc(Cn2nc(C)c(/C=c3\s/c(=C\C(=O)C(C)(C)C)n(C)c3=O)c2C)cc1. The maximum absolute atomic E-state index is 12.8. The smallest absolute Gasteiger partial charge is 0.268 e. The number of rotatable bonds is 4. The van der Waals surface area contributed by atoms with E-state index in [1.807, 2.05) is 45.4 Å². The van der Waals surface area contributed by atoms with Crippen LogP contribution in [0.2, 0.25) is 0 Å². The molecule has 0 amide bonds. The fourth-order valence-electron chi connectivity index (χ4n) is 3.11. The zero-order chi connectivity index (χ0) is 22.2. The van der Waals surface area contributed by atoms with Gasteiger partial charge in [-0.3, -0.25) is 14.3 Å². The van der Waals surface area contributed by atoms with Gasteiger partial charge in [-0.25, -0.2) is 0 Å². The van der Waals surface area contributed by atoms with Crippen LogP contribution in [0.5, 0.6) is 0 Å². The Morgan fingerprint density at radius 3 is 2.37 bits per heavy atom. The number of carbonyl (C=O) groups excluding carboxylic acids is 1. The van der Waals surface area contributed by atoms with E-state index in [9.17, 15) is 9.59 Å². The van der Waals surface area contributed by atoms with Crippen LogP contribution < -0.4 is 14.8 Å². The van der Waals surface area contributed by atoms with Gasteiger partial charge in [0.2, 0.25) is 0 Å². The highest BCUT2D eigenvalue weighted by Gasteiger charge is 2.19. The molecule has 2 heterocycles. The summed E-state index contributed by atoms with van der Waals surface area (Å²) in [4.78, 5) is 25.1. The molecule has 0 atom stereocenters. The number of aryl methyl sites for hydroxylation is 2. The third-order valence-electron chi connectivity index (χ3n) is 5.22. The molecule has 6 heteroatoms. The normalized spacial score (nSPS) is 13.3. The number of ketones is 1. The van der Waals surface area contributed by atoms with Gasteiger partial charge in [0.25, 0.3) is 5.56 Å². The number of hydrogen-bond donors (Lipinski definition) is 0. The van der Waals surface area contributed by atoms with Crippen molar-refractivity contribution >= 4 is 29.3 Å². The van der Waals surface area contributed by atoms with E-state index in [1.165, 1.54) is 22.5 Å². The standard InChI is InChI=1S/C24H29N3O2S/c1-15-8-10-18(11-9-15)14-27-17(3)19(16(2)25-27)12-20-23(29)26(7)22(30-20)13-21(28)24(4,5)6/h8-13H,14H2,1-7H3/b20-12-,22-13-. The van der Waals surface area contributed by atoms with Crippen molar-refractivity contribution in [2.45, 2.75) is 48.1 Å². The lowest BCUT2D eigenvalue weighted by molar-refractivity contribution is -0.120. The molecule has 3 rings (SSSR count). The largest absolute Gasteiger partial charge is 0.302 e. The van der Waals surface area contributed by atoms with E-state index in [0.29, 0.717) is 15.7 Å². The van der Waals surface area contributed by atoms with Gasteiger partial charge in [-0.05, 0) is 32.4 Å². The Kier molecular flexibility index (Phi) is 5.99. The molecule has 0 N–H and O–H groups in total. The lowest BCUT2D eigenvalue weighted by Gasteiger charge is -2.12. The average Bonchev–Trinajstić information content (AvgIpc) is 3.08. The maximum Gasteiger partial charge on any atom is 0.268 e. The number of carbonyl (C=O) groups is 1. The minimum Gasteiger partial charge on any atom is -0.302 e. The number of nitrogens with zero attached hydrogens (tertiary/aromatic N) is 3. The third-order valence-corrected chi connectivity index (χ3v) is 6.33. The van der Waals surface area contributed by atoms with E-state index in [1.54, 1.807) is 17.7 Å². The van der Waals surface area contributed by atoms with Crippen molar-refractivity contribution in [1.29, 1.82) is 0 Å². The monoisotopic (exact) mass is 423 g/mol. The van der Waals surface area contributed by atoms with Gasteiger partial charge in [0.1, 0.15) is 4.66 Å². The zero-order valence-corrected chi connectivity index (χ0v) is 19.6. The molecule has 0 saturated carbocycles. The Bertz CT molecular complexity index is 1270. The number of Topliss-reactive ketones (excluding diaryl/α,β-unsaturated/α-hetero) is 1. The second-order valence-electron chi connectivity index (χ2n) is 8.80. The molecule has 0 saturated heterocycles. The molecule has 30 heavy (non-hydrogen) atoms. The second-order valence-corrected chi connectivity index (χ2v) is 9.86. The maximum atomic E-state index is 12.8. The Balaban J connectivity index is 2.04. The van der Waals surface area contributed by atoms with Crippen LogP contribution in [0, 0.1) is 26.2 Å². The lowest BCUT2D eigenvalue weighted by Crippen LogP contribution is -2.30. The predicted octanol–water partition coefficient (Wildman–Crippen LogP) is 2.84. The van der Waals surface area contributed by atoms with E-state index >= 15 is 0 Å². The molecule has 2 aromatic heterocycles. The number of aromatic nitrogens is 3. The molecule has 0 aliphatic rings. The Morgan fingerprint density at radius 2 is 1.77 bits per heavy atom. The minimum atomic E-state index is -0.478. The minimum absolute atomic E-state index is 0.00387. The van der Waals surface area contributed by atoms with Gasteiger partial charge < -0.3 is 4.57 Å². The number of hydrogen-bond acceptors (Lipinski definition) is 4. The van der Waals surface area contributed by atoms with E-state index in [-0.39, 0.29) is 11.3 Å². The van der Waals surface area contributed by atoms with Gasteiger partial charge in [0.15, 0.2) is 5.78 Å². The van der Waals surface area contributed by atoms with Crippen molar-refractivity contribution in [3.63, 3.8) is 0 Å². The fraction of sp³-hybridized carbons (Fsp3) is 0.375. The number of benzene rings is 1. The molecular weight excluding hydrogens is 394 g/mol. The summed E-state index contributed by atoms with van der Waals surface area (Å²) in [6.45, 7) is 12.4. The quantitative estimate of drug-likeness (QED) is 0.648. The summed E-state index contributed by atoms with van der Waals surface area (Å²) in [6.07, 6.45) is 3.47. The summed E-state index contributed by atoms with van der Waals surface area (Å²) in [5.74, 6) is 0.00387. The van der Waals surface area contributed by atoms with Crippen molar-refractivity contribution in [3.8, 4) is 0 Å². The highest BCUT2D eigenvalue weighted by atomic mass is 32.1. The average molecular weight is 424 g/mol. The summed E-state index contributed by atoms with van der Waals surface area (Å²) < 4.78 is 4.78. The van der Waals surface area contributed by atoms with E-state index < -0.39 is 5.41 Å². The van der Waals surface area contributed by atoms with Gasteiger partial charge in [-0.1, -0.05) is 50.6 Å². The molecule has 0 aliphatic heterocycles. The Hall–Kier alpha value is -2.73. The summed E-state index contributed by atoms with van der Waals surface area (Å²) in [5, 5.41) is 4.68. The van der Waals surface area contributed by atoms with Crippen molar-refractivity contribution in [2.24, 2.45) is 12.5 Å². The van der Waals surface area contributed by atoms with Crippen LogP contribution in [0.1, 0.15) is 48.8 Å². The summed E-state index contributed by atoms with van der Waals surface area (Å²) in [6, 6.07) is 8.41. The number of thiazole rings is 1. The molecule has 0 spiro atoms. The van der Waals surface area contributed by atoms with Gasteiger partial charge in [0, 0.05) is 29.8 Å². The molecule has 0 bridgehead atoms. The molecule has 5 nitrogen and oxygen atoms in total. The molecule has 0 unspecified atom stereocenters. The first-order valence-corrected chi connectivity index (χ1v) is 10.8. The van der Waals surface area contributed by atoms with Crippen LogP contribution in [0.4, 0.5) is 0 Å². The van der Waals surface area contributed by atoms with Gasteiger partial charge >= 0.3 is 0 Å². The molecule has 158 valence electrons. The van der Waals surface area contributed by atoms with Gasteiger partial charge in [-0.2, -0.15) is 5.10 Å². The highest BCUT2D eigenvalue weighted by Crippen LogP contribution is 2.16. The van der Waals surface area contributed by atoms with Crippen LogP contribution in [0.25, 0.3) is 12.2 Å². The van der Waals surface area contributed by atoms with Crippen LogP contribution in [-0.4, -0.2) is 20.1 Å². The predicted molar refractivity (Wildman–Crippen MR) is 123 cm³/mol. The van der Waals surface area contributed by atoms with Crippen LogP contribution in [0.3, 0.4) is 0 Å². The zero-order valence-electron chi connectivity index (χ0n) is 18.7. The first-order valence-electron chi connectivity index (χ1n) is 10.0. The third kappa shape index (κ3) is 4.54. The summed E-state index contributed by atoms with van der Waals surface area (Å²) in [5.41, 5.74) is 4.68. The van der Waals surface area contributed by atoms with Crippen LogP contribution in [0.15, 0.2) is 29.1 Å². The van der Waals surface area contributed by atoms with Gasteiger partial charge in [-0.15, -0.1) is 11.3 Å². The van der Waals surface area contributed by atoms with Crippen molar-refractivity contribution in [2.75, 3.05) is 0 Å². The Labute approximate surface area is 181 Å². The first kappa shape index (κ1) is 22.0. The molecular formula is C24H29N3O2S. The van der Waals surface area contributed by atoms with Crippen molar-refractivity contribution in [3.05, 3.63) is 71.9 Å². The van der Waals surface area contributed by atoms with Crippen LogP contribution in [-0.2, 0) is 18.4 Å². The topological polar surface area (TPSA) is 56.9 Å². The van der Waals surface area contributed by atoms with Crippen molar-refractivity contribution in [1.82, 2.24) is 14.3 Å². The molecule has 3 aromatic rings. The summed E-state index contributed by atoms with van der Waals surface area (Å²) in [7, 11) is 1.71. The Morgan fingerprint density at radius 1 is 1.13 bits per heavy atom. The fourth-order valence-corrected chi connectivity index (χ4v) is 4.12. The molecule has 1 aromatic carbocycles. The van der Waals surface area contributed by atoms with Crippen molar-refractivity contribution < 1.29 is 4.79 Å². The second kappa shape index (κ2) is 8.19. The van der Waals surface area contributed by atoms with E-state index in [2.05, 4.69) is 36.3 Å². The molecule has 0 aliphatic carbocycles. The van der Waals surface area contributed by atoms with Gasteiger partial charge in [0.05, 0.1) is 16.8 Å². The molecule has 0 fully saturated rings. The van der Waals surface area contributed by atoms with Crippen LogP contribution >= 0.6 is 11.3 Å². The lowest BCUT2D eigenvalue weighted by atomic mass is 9.91.